The van der Waals surface area contributed by atoms with Crippen molar-refractivity contribution in [3.63, 3.8) is 0 Å². The van der Waals surface area contributed by atoms with Crippen LogP contribution in [-0.2, 0) is 4.74 Å². The molecule has 1 amide bonds. The van der Waals surface area contributed by atoms with E-state index >= 15 is 0 Å². The third-order valence-electron chi connectivity index (χ3n) is 5.63. The summed E-state index contributed by atoms with van der Waals surface area (Å²) in [4.78, 5) is 22.7. The Morgan fingerprint density at radius 1 is 1.28 bits per heavy atom. The Bertz CT molecular complexity index is 1330. The number of nitrogen functional groups attached to an aromatic ring is 1. The molecule has 3 N–H and O–H groups in total. The molecule has 9 heteroatoms. The molecule has 0 aliphatic carbocycles. The standard InChI is InChI=1S/C23H22ClN5O3/c1-31-18-9-8-13(11-15(18)24)29-21(25)19(23(30)26-12-14-5-4-10-32-14)20-22(29)28-17-7-3-2-6-16(17)27-20/h2-3,6-9,11,14H,4-5,10,12,25H2,1H3,(H,26,30). The number of benzene rings is 2. The summed E-state index contributed by atoms with van der Waals surface area (Å²) in [5.41, 5.74) is 9.75. The number of ether oxygens (including phenoxy) is 2. The highest BCUT2D eigenvalue weighted by Gasteiger charge is 2.26. The zero-order valence-corrected chi connectivity index (χ0v) is 18.2. The van der Waals surface area contributed by atoms with E-state index < -0.39 is 0 Å². The highest BCUT2D eigenvalue weighted by molar-refractivity contribution is 6.32. The zero-order valence-electron chi connectivity index (χ0n) is 17.5. The molecule has 1 saturated heterocycles. The van der Waals surface area contributed by atoms with Crippen LogP contribution in [0.3, 0.4) is 0 Å². The summed E-state index contributed by atoms with van der Waals surface area (Å²) in [6, 6.07) is 12.8. The number of hydrogen-bond acceptors (Lipinski definition) is 6. The van der Waals surface area contributed by atoms with Crippen molar-refractivity contribution in [3.05, 3.63) is 53.1 Å². The topological polar surface area (TPSA) is 104 Å². The van der Waals surface area contributed by atoms with Crippen molar-refractivity contribution >= 4 is 45.5 Å². The lowest BCUT2D eigenvalue weighted by molar-refractivity contribution is 0.0859. The molecule has 3 heterocycles. The third-order valence-corrected chi connectivity index (χ3v) is 5.93. The molecule has 5 rings (SSSR count). The van der Waals surface area contributed by atoms with Crippen molar-refractivity contribution < 1.29 is 14.3 Å². The zero-order chi connectivity index (χ0) is 22.2. The molecule has 0 saturated carbocycles. The first kappa shape index (κ1) is 20.5. The van der Waals surface area contributed by atoms with E-state index in [2.05, 4.69) is 5.32 Å². The number of nitrogens with zero attached hydrogens (tertiary/aromatic N) is 3. The van der Waals surface area contributed by atoms with Gasteiger partial charge in [0.1, 0.15) is 22.6 Å². The van der Waals surface area contributed by atoms with Gasteiger partial charge in [0.2, 0.25) is 0 Å². The molecule has 1 atom stereocenters. The lowest BCUT2D eigenvalue weighted by Crippen LogP contribution is -2.32. The Labute approximate surface area is 189 Å². The number of halogens is 1. The number of hydrogen-bond donors (Lipinski definition) is 2. The fourth-order valence-electron chi connectivity index (χ4n) is 4.04. The van der Waals surface area contributed by atoms with Gasteiger partial charge in [-0.25, -0.2) is 9.97 Å². The van der Waals surface area contributed by atoms with Crippen molar-refractivity contribution in [2.75, 3.05) is 26.0 Å². The van der Waals surface area contributed by atoms with Gasteiger partial charge in [0.15, 0.2) is 5.65 Å². The van der Waals surface area contributed by atoms with Crippen LogP contribution in [0.4, 0.5) is 5.82 Å². The molecule has 32 heavy (non-hydrogen) atoms. The fraction of sp³-hybridized carbons (Fsp3) is 0.261. The molecular weight excluding hydrogens is 430 g/mol. The van der Waals surface area contributed by atoms with Crippen LogP contribution in [0.2, 0.25) is 5.02 Å². The molecule has 8 nitrogen and oxygen atoms in total. The summed E-state index contributed by atoms with van der Waals surface area (Å²) in [7, 11) is 1.55. The van der Waals surface area contributed by atoms with Gasteiger partial charge in [-0.05, 0) is 43.2 Å². The van der Waals surface area contributed by atoms with Gasteiger partial charge >= 0.3 is 0 Å². The van der Waals surface area contributed by atoms with Gasteiger partial charge in [0, 0.05) is 13.2 Å². The number of amides is 1. The number of nitrogens with two attached hydrogens (primary N) is 1. The monoisotopic (exact) mass is 451 g/mol. The van der Waals surface area contributed by atoms with E-state index in [1.54, 1.807) is 23.8 Å². The first-order chi connectivity index (χ1) is 15.6. The fourth-order valence-corrected chi connectivity index (χ4v) is 4.29. The predicted molar refractivity (Wildman–Crippen MR) is 124 cm³/mol. The van der Waals surface area contributed by atoms with Crippen molar-refractivity contribution in [2.24, 2.45) is 0 Å². The van der Waals surface area contributed by atoms with E-state index in [1.165, 1.54) is 0 Å². The Morgan fingerprint density at radius 3 is 2.75 bits per heavy atom. The van der Waals surface area contributed by atoms with Crippen molar-refractivity contribution in [3.8, 4) is 11.4 Å². The maximum atomic E-state index is 13.2. The van der Waals surface area contributed by atoms with E-state index in [4.69, 9.17) is 36.8 Å². The molecule has 1 fully saturated rings. The maximum Gasteiger partial charge on any atom is 0.257 e. The molecule has 1 aliphatic heterocycles. The van der Waals surface area contributed by atoms with Crippen LogP contribution in [0.15, 0.2) is 42.5 Å². The highest BCUT2D eigenvalue weighted by Crippen LogP contribution is 2.34. The van der Waals surface area contributed by atoms with Gasteiger partial charge in [-0.3, -0.25) is 9.36 Å². The first-order valence-electron chi connectivity index (χ1n) is 10.4. The Balaban J connectivity index is 1.67. The minimum absolute atomic E-state index is 0.0147. The number of nitrogens with one attached hydrogen (secondary N) is 1. The van der Waals surface area contributed by atoms with Crippen molar-refractivity contribution in [1.29, 1.82) is 0 Å². The van der Waals surface area contributed by atoms with E-state index in [0.29, 0.717) is 45.2 Å². The molecule has 4 aromatic rings. The normalized spacial score (nSPS) is 16.0. The first-order valence-corrected chi connectivity index (χ1v) is 10.7. The van der Waals surface area contributed by atoms with E-state index in [-0.39, 0.29) is 23.4 Å². The third kappa shape index (κ3) is 3.51. The average molecular weight is 452 g/mol. The Morgan fingerprint density at radius 2 is 2.06 bits per heavy atom. The Kier molecular flexibility index (Phi) is 5.32. The second-order valence-corrected chi connectivity index (χ2v) is 8.05. The lowest BCUT2D eigenvalue weighted by Gasteiger charge is -2.12. The van der Waals surface area contributed by atoms with Gasteiger partial charge in [-0.15, -0.1) is 0 Å². The highest BCUT2D eigenvalue weighted by atomic mass is 35.5. The second kappa shape index (κ2) is 8.29. The molecule has 0 radical (unpaired) electrons. The van der Waals surface area contributed by atoms with Crippen LogP contribution in [0.25, 0.3) is 27.9 Å². The van der Waals surface area contributed by atoms with Crippen molar-refractivity contribution in [1.82, 2.24) is 19.9 Å². The molecule has 0 spiro atoms. The molecule has 1 aliphatic rings. The van der Waals surface area contributed by atoms with Crippen LogP contribution in [0.5, 0.6) is 5.75 Å². The molecule has 164 valence electrons. The quantitative estimate of drug-likeness (QED) is 0.479. The number of fused-ring (bicyclic) bond motifs is 2. The molecular formula is C23H22ClN5O3. The van der Waals surface area contributed by atoms with Gasteiger partial charge in [-0.2, -0.15) is 0 Å². The Hall–Kier alpha value is -3.36. The summed E-state index contributed by atoms with van der Waals surface area (Å²) < 4.78 is 12.6. The minimum Gasteiger partial charge on any atom is -0.495 e. The summed E-state index contributed by atoms with van der Waals surface area (Å²) >= 11 is 6.36. The summed E-state index contributed by atoms with van der Waals surface area (Å²) in [5, 5.41) is 3.37. The van der Waals surface area contributed by atoms with Gasteiger partial charge < -0.3 is 20.5 Å². The smallest absolute Gasteiger partial charge is 0.257 e. The van der Waals surface area contributed by atoms with Crippen LogP contribution >= 0.6 is 11.6 Å². The molecule has 1 unspecified atom stereocenters. The molecule has 2 aromatic heterocycles. The summed E-state index contributed by atoms with van der Waals surface area (Å²) in [5.74, 6) is 0.462. The van der Waals surface area contributed by atoms with Crippen LogP contribution < -0.4 is 15.8 Å². The van der Waals surface area contributed by atoms with E-state index in [9.17, 15) is 4.79 Å². The average Bonchev–Trinajstić information content (AvgIpc) is 3.41. The number of para-hydroxylation sites is 2. The number of anilines is 1. The largest absolute Gasteiger partial charge is 0.495 e. The van der Waals surface area contributed by atoms with Crippen LogP contribution in [0.1, 0.15) is 23.2 Å². The lowest BCUT2D eigenvalue weighted by atomic mass is 10.2. The number of aromatic nitrogens is 3. The number of rotatable bonds is 5. The van der Waals surface area contributed by atoms with Gasteiger partial charge in [-0.1, -0.05) is 23.7 Å². The van der Waals surface area contributed by atoms with Gasteiger partial charge in [0.05, 0.1) is 35.0 Å². The van der Waals surface area contributed by atoms with E-state index in [0.717, 1.165) is 19.4 Å². The number of carbonyl (C=O) groups excluding carboxylic acids is 1. The SMILES string of the molecule is COc1ccc(-n2c(N)c(C(=O)NCC3CCCO3)c3nc4ccccc4nc32)cc1Cl. The predicted octanol–water partition coefficient (Wildman–Crippen LogP) is 3.73. The van der Waals surface area contributed by atoms with Crippen LogP contribution in [0, 0.1) is 0 Å². The maximum absolute atomic E-state index is 13.2. The summed E-state index contributed by atoms with van der Waals surface area (Å²) in [6.45, 7) is 1.14. The van der Waals surface area contributed by atoms with Gasteiger partial charge in [0.25, 0.3) is 5.91 Å². The molecule has 2 aromatic carbocycles. The summed E-state index contributed by atoms with van der Waals surface area (Å²) in [6.07, 6.45) is 1.94. The van der Waals surface area contributed by atoms with Crippen LogP contribution in [-0.4, -0.2) is 46.8 Å². The van der Waals surface area contributed by atoms with Crippen molar-refractivity contribution in [2.45, 2.75) is 18.9 Å². The number of methoxy groups -OCH3 is 1. The number of carbonyl (C=O) groups is 1. The molecule has 0 bridgehead atoms. The van der Waals surface area contributed by atoms with E-state index in [1.807, 2.05) is 30.3 Å². The second-order valence-electron chi connectivity index (χ2n) is 7.64. The minimum atomic E-state index is -0.314.